The molecule has 0 aliphatic carbocycles. The van der Waals surface area contributed by atoms with Crippen molar-refractivity contribution < 1.29 is 27.1 Å². The average Bonchev–Trinajstić information content (AvgIpc) is 2.14. The van der Waals surface area contributed by atoms with Crippen LogP contribution in [-0.4, -0.2) is 10.1 Å². The second-order valence-corrected chi connectivity index (χ2v) is 3.66. The van der Waals surface area contributed by atoms with E-state index in [0.29, 0.717) is 0 Å². The Kier molecular flexibility index (Phi) is 3.84. The first-order valence-corrected chi connectivity index (χ1v) is 4.71. The van der Waals surface area contributed by atoms with Crippen molar-refractivity contribution in [3.8, 4) is 0 Å². The Bertz CT molecular complexity index is 393. The van der Waals surface area contributed by atoms with Crippen molar-refractivity contribution in [1.29, 1.82) is 0 Å². The van der Waals surface area contributed by atoms with Gasteiger partial charge in [0.25, 0.3) is 6.43 Å². The van der Waals surface area contributed by atoms with Gasteiger partial charge in [-0.05, 0) is 15.9 Å². The first-order valence-electron chi connectivity index (χ1n) is 3.92. The minimum absolute atomic E-state index is 0.0849. The fraction of sp³-hybridized carbons (Fsp3) is 0.375. The van der Waals surface area contributed by atoms with Crippen molar-refractivity contribution in [2.24, 2.45) is 0 Å². The summed E-state index contributed by atoms with van der Waals surface area (Å²) in [6.45, 7) is -0.925. The highest BCUT2D eigenvalue weighted by molar-refractivity contribution is 9.10. The number of nitrogens with zero attached hydrogens (tertiary/aromatic N) is 1. The molecule has 1 aromatic heterocycles. The lowest BCUT2D eigenvalue weighted by Gasteiger charge is -2.15. The molecule has 0 fully saturated rings. The van der Waals surface area contributed by atoms with Gasteiger partial charge in [0.1, 0.15) is 0 Å². The molecule has 0 saturated heterocycles. The monoisotopic (exact) mass is 305 g/mol. The molecule has 0 aliphatic rings. The summed E-state index contributed by atoms with van der Waals surface area (Å²) < 4.78 is 62.0. The minimum Gasteiger partial charge on any atom is -0.392 e. The van der Waals surface area contributed by atoms with Gasteiger partial charge < -0.3 is 5.11 Å². The third kappa shape index (κ3) is 2.49. The van der Waals surface area contributed by atoms with E-state index >= 15 is 0 Å². The van der Waals surface area contributed by atoms with E-state index in [1.807, 2.05) is 0 Å². The van der Waals surface area contributed by atoms with Crippen LogP contribution in [0.15, 0.2) is 10.7 Å². The molecular formula is C8H5BrF5NO. The molecule has 0 aromatic carbocycles. The van der Waals surface area contributed by atoms with E-state index in [1.165, 1.54) is 0 Å². The molecule has 0 bridgehead atoms. The van der Waals surface area contributed by atoms with Gasteiger partial charge in [0.2, 0.25) is 0 Å². The summed E-state index contributed by atoms with van der Waals surface area (Å²) in [7, 11) is 0. The quantitative estimate of drug-likeness (QED) is 0.851. The molecule has 8 heteroatoms. The van der Waals surface area contributed by atoms with Crippen molar-refractivity contribution in [2.75, 3.05) is 0 Å². The smallest absolute Gasteiger partial charge is 0.392 e. The Morgan fingerprint density at radius 1 is 1.38 bits per heavy atom. The van der Waals surface area contributed by atoms with Crippen molar-refractivity contribution in [1.82, 2.24) is 4.98 Å². The highest BCUT2D eigenvalue weighted by Gasteiger charge is 2.39. The van der Waals surface area contributed by atoms with E-state index in [-0.39, 0.29) is 4.47 Å². The van der Waals surface area contributed by atoms with Gasteiger partial charge in [0, 0.05) is 16.2 Å². The van der Waals surface area contributed by atoms with E-state index in [9.17, 15) is 22.0 Å². The first-order chi connectivity index (χ1) is 7.29. The third-order valence-corrected chi connectivity index (χ3v) is 2.50. The molecule has 0 saturated carbocycles. The van der Waals surface area contributed by atoms with Crippen molar-refractivity contribution in [2.45, 2.75) is 19.2 Å². The predicted molar refractivity (Wildman–Crippen MR) is 47.8 cm³/mol. The lowest BCUT2D eigenvalue weighted by molar-refractivity contribution is -0.143. The van der Waals surface area contributed by atoms with Gasteiger partial charge >= 0.3 is 6.18 Å². The minimum atomic E-state index is -4.98. The van der Waals surface area contributed by atoms with Crippen LogP contribution in [0.3, 0.4) is 0 Å². The number of pyridine rings is 1. The SMILES string of the molecule is OCc1c(Br)cnc(C(F)(F)F)c1C(F)F. The van der Waals surface area contributed by atoms with Gasteiger partial charge in [-0.1, -0.05) is 0 Å². The molecule has 1 rings (SSSR count). The number of aliphatic hydroxyl groups excluding tert-OH is 1. The van der Waals surface area contributed by atoms with Crippen LogP contribution in [-0.2, 0) is 12.8 Å². The summed E-state index contributed by atoms with van der Waals surface area (Å²) in [6, 6.07) is 0. The molecule has 1 N–H and O–H groups in total. The molecule has 0 atom stereocenters. The molecular weight excluding hydrogens is 301 g/mol. The van der Waals surface area contributed by atoms with E-state index < -0.39 is 36.0 Å². The topological polar surface area (TPSA) is 33.1 Å². The predicted octanol–water partition coefficient (Wildman–Crippen LogP) is 3.29. The van der Waals surface area contributed by atoms with Crippen LogP contribution in [0.4, 0.5) is 22.0 Å². The van der Waals surface area contributed by atoms with E-state index in [4.69, 9.17) is 5.11 Å². The maximum absolute atomic E-state index is 12.5. The summed E-state index contributed by atoms with van der Waals surface area (Å²) in [5.41, 5.74) is -3.46. The van der Waals surface area contributed by atoms with E-state index in [2.05, 4.69) is 20.9 Å². The fourth-order valence-corrected chi connectivity index (χ4v) is 1.60. The fourth-order valence-electron chi connectivity index (χ4n) is 1.16. The largest absolute Gasteiger partial charge is 0.433 e. The molecule has 2 nitrogen and oxygen atoms in total. The maximum Gasteiger partial charge on any atom is 0.433 e. The van der Waals surface area contributed by atoms with Gasteiger partial charge in [0.15, 0.2) is 5.69 Å². The number of aromatic nitrogens is 1. The van der Waals surface area contributed by atoms with Crippen LogP contribution >= 0.6 is 15.9 Å². The van der Waals surface area contributed by atoms with Crippen molar-refractivity contribution >= 4 is 15.9 Å². The summed E-state index contributed by atoms with van der Waals surface area (Å²) in [6.07, 6.45) is -7.60. The summed E-state index contributed by atoms with van der Waals surface area (Å²) >= 11 is 2.75. The molecule has 1 heterocycles. The van der Waals surface area contributed by atoms with Gasteiger partial charge in [0.05, 0.1) is 12.2 Å². The zero-order valence-corrected chi connectivity index (χ0v) is 9.11. The van der Waals surface area contributed by atoms with Gasteiger partial charge in [-0.3, -0.25) is 4.98 Å². The number of alkyl halides is 5. The molecule has 90 valence electrons. The Labute approximate surface area is 95.2 Å². The van der Waals surface area contributed by atoms with Crippen molar-refractivity contribution in [3.63, 3.8) is 0 Å². The Morgan fingerprint density at radius 3 is 2.31 bits per heavy atom. The first kappa shape index (κ1) is 13.3. The molecule has 0 radical (unpaired) electrons. The van der Waals surface area contributed by atoms with Crippen molar-refractivity contribution in [3.05, 3.63) is 27.5 Å². The standard InChI is InChI=1S/C8H5BrF5NO/c9-4-1-15-6(8(12,13)14)5(7(10)11)3(4)2-16/h1,7,16H,2H2. The molecule has 0 unspecified atom stereocenters. The molecule has 0 aliphatic heterocycles. The van der Waals surface area contributed by atoms with Crippen LogP contribution < -0.4 is 0 Å². The summed E-state index contributed by atoms with van der Waals surface area (Å²) in [4.78, 5) is 2.92. The number of aliphatic hydroxyl groups is 1. The maximum atomic E-state index is 12.5. The second-order valence-electron chi connectivity index (χ2n) is 2.80. The highest BCUT2D eigenvalue weighted by atomic mass is 79.9. The zero-order valence-electron chi connectivity index (χ0n) is 7.52. The lowest BCUT2D eigenvalue weighted by atomic mass is 10.1. The number of rotatable bonds is 2. The second kappa shape index (κ2) is 4.62. The number of hydrogen-bond donors (Lipinski definition) is 1. The van der Waals surface area contributed by atoms with Gasteiger partial charge in [-0.2, -0.15) is 13.2 Å². The molecule has 16 heavy (non-hydrogen) atoms. The van der Waals surface area contributed by atoms with E-state index in [0.717, 1.165) is 6.20 Å². The zero-order chi connectivity index (χ0) is 12.5. The van der Waals surface area contributed by atoms with Crippen LogP contribution in [0, 0.1) is 0 Å². The summed E-state index contributed by atoms with van der Waals surface area (Å²) in [5, 5.41) is 8.78. The van der Waals surface area contributed by atoms with Crippen LogP contribution in [0.1, 0.15) is 23.2 Å². The average molecular weight is 306 g/mol. The number of hydrogen-bond acceptors (Lipinski definition) is 2. The number of halogens is 6. The van der Waals surface area contributed by atoms with E-state index in [1.54, 1.807) is 0 Å². The molecule has 0 amide bonds. The lowest BCUT2D eigenvalue weighted by Crippen LogP contribution is -2.15. The van der Waals surface area contributed by atoms with Crippen LogP contribution in [0.25, 0.3) is 0 Å². The highest BCUT2D eigenvalue weighted by Crippen LogP contribution is 2.38. The molecule has 0 spiro atoms. The Balaban J connectivity index is 3.52. The normalized spacial score (nSPS) is 12.2. The van der Waals surface area contributed by atoms with Gasteiger partial charge in [-0.15, -0.1) is 0 Å². The summed E-state index contributed by atoms with van der Waals surface area (Å²) in [5.74, 6) is 0. The van der Waals surface area contributed by atoms with Gasteiger partial charge in [-0.25, -0.2) is 8.78 Å². The molecule has 1 aromatic rings. The van der Waals surface area contributed by atoms with Crippen LogP contribution in [0.2, 0.25) is 0 Å². The van der Waals surface area contributed by atoms with Crippen LogP contribution in [0.5, 0.6) is 0 Å². The third-order valence-electron chi connectivity index (χ3n) is 1.82. The Hall–Kier alpha value is -0.760. The Morgan fingerprint density at radius 2 is 1.94 bits per heavy atom.